The van der Waals surface area contributed by atoms with Crippen LogP contribution in [0.2, 0.25) is 0 Å². The fourth-order valence-corrected chi connectivity index (χ4v) is 4.39. The molecular weight excluding hydrogens is 360 g/mol. The number of aromatic nitrogens is 1. The van der Waals surface area contributed by atoms with Crippen molar-refractivity contribution in [3.63, 3.8) is 0 Å². The maximum absolute atomic E-state index is 5.89. The zero-order chi connectivity index (χ0) is 20.1. The van der Waals surface area contributed by atoms with Crippen molar-refractivity contribution in [1.82, 2.24) is 10.3 Å². The molecule has 1 fully saturated rings. The minimum Gasteiger partial charge on any atom is -0.497 e. The van der Waals surface area contributed by atoms with E-state index in [1.807, 2.05) is 24.5 Å². The van der Waals surface area contributed by atoms with E-state index in [2.05, 4.69) is 52.8 Å². The third-order valence-corrected chi connectivity index (χ3v) is 5.91. The predicted molar refractivity (Wildman–Crippen MR) is 117 cm³/mol. The van der Waals surface area contributed by atoms with Gasteiger partial charge in [0, 0.05) is 23.9 Å². The van der Waals surface area contributed by atoms with E-state index in [-0.39, 0.29) is 0 Å². The summed E-state index contributed by atoms with van der Waals surface area (Å²) in [5.74, 6) is 2.69. The quantitative estimate of drug-likeness (QED) is 0.652. The molecule has 1 saturated heterocycles. The molecule has 150 valence electrons. The number of hydrogen-bond donors (Lipinski definition) is 1. The molecule has 1 atom stereocenters. The second-order valence-corrected chi connectivity index (χ2v) is 7.53. The molecular formula is C25H28N2O2. The normalized spacial score (nSPS) is 15.7. The Bertz CT molecular complexity index is 919. The van der Waals surface area contributed by atoms with E-state index in [1.54, 1.807) is 14.2 Å². The van der Waals surface area contributed by atoms with Crippen LogP contribution in [-0.2, 0) is 0 Å². The Morgan fingerprint density at radius 3 is 2.21 bits per heavy atom. The number of ether oxygens (including phenoxy) is 2. The van der Waals surface area contributed by atoms with Gasteiger partial charge in [0.25, 0.3) is 0 Å². The number of rotatable bonds is 6. The third-order valence-electron chi connectivity index (χ3n) is 5.91. The maximum atomic E-state index is 5.89. The average molecular weight is 389 g/mol. The van der Waals surface area contributed by atoms with E-state index in [1.165, 1.54) is 11.1 Å². The van der Waals surface area contributed by atoms with Gasteiger partial charge in [-0.25, -0.2) is 0 Å². The molecule has 0 spiro atoms. The summed E-state index contributed by atoms with van der Waals surface area (Å²) in [5.41, 5.74) is 4.86. The van der Waals surface area contributed by atoms with Crippen molar-refractivity contribution >= 4 is 0 Å². The second kappa shape index (κ2) is 9.10. The highest BCUT2D eigenvalue weighted by Crippen LogP contribution is 2.42. The van der Waals surface area contributed by atoms with E-state index in [9.17, 15) is 0 Å². The van der Waals surface area contributed by atoms with Gasteiger partial charge in [-0.3, -0.25) is 4.98 Å². The lowest BCUT2D eigenvalue weighted by atomic mass is 9.76. The van der Waals surface area contributed by atoms with Crippen LogP contribution in [0.4, 0.5) is 0 Å². The first-order chi connectivity index (χ1) is 14.3. The van der Waals surface area contributed by atoms with Crippen molar-refractivity contribution in [2.24, 2.45) is 5.92 Å². The Hall–Kier alpha value is -2.85. The number of piperidine rings is 1. The highest BCUT2D eigenvalue weighted by molar-refractivity contribution is 5.67. The second-order valence-electron chi connectivity index (χ2n) is 7.53. The molecule has 1 aliphatic heterocycles. The van der Waals surface area contributed by atoms with Crippen molar-refractivity contribution in [2.75, 3.05) is 27.3 Å². The van der Waals surface area contributed by atoms with Crippen molar-refractivity contribution < 1.29 is 9.47 Å². The lowest BCUT2D eigenvalue weighted by molar-refractivity contribution is 0.333. The van der Waals surface area contributed by atoms with Crippen LogP contribution in [0, 0.1) is 5.92 Å². The molecule has 0 saturated carbocycles. The summed E-state index contributed by atoms with van der Waals surface area (Å²) in [6, 6.07) is 19.0. The highest BCUT2D eigenvalue weighted by Gasteiger charge is 2.29. The van der Waals surface area contributed by atoms with Gasteiger partial charge in [-0.15, -0.1) is 0 Å². The zero-order valence-electron chi connectivity index (χ0n) is 17.1. The number of hydrogen-bond acceptors (Lipinski definition) is 4. The minimum absolute atomic E-state index is 0.306. The minimum atomic E-state index is 0.306. The molecule has 1 aliphatic rings. The van der Waals surface area contributed by atoms with Crippen LogP contribution < -0.4 is 14.8 Å². The van der Waals surface area contributed by atoms with E-state index < -0.39 is 0 Å². The van der Waals surface area contributed by atoms with Gasteiger partial charge in [0.2, 0.25) is 0 Å². The maximum Gasteiger partial charge on any atom is 0.123 e. The van der Waals surface area contributed by atoms with E-state index in [0.29, 0.717) is 11.8 Å². The molecule has 4 nitrogen and oxygen atoms in total. The Morgan fingerprint density at radius 2 is 1.55 bits per heavy atom. The van der Waals surface area contributed by atoms with Crippen molar-refractivity contribution in [3.8, 4) is 22.6 Å². The molecule has 4 rings (SSSR count). The van der Waals surface area contributed by atoms with Gasteiger partial charge >= 0.3 is 0 Å². The van der Waals surface area contributed by atoms with Crippen molar-refractivity contribution in [1.29, 1.82) is 0 Å². The summed E-state index contributed by atoms with van der Waals surface area (Å²) in [4.78, 5) is 4.22. The van der Waals surface area contributed by atoms with Gasteiger partial charge < -0.3 is 14.8 Å². The molecule has 3 aromatic rings. The first kappa shape index (κ1) is 19.5. The summed E-state index contributed by atoms with van der Waals surface area (Å²) in [5, 5.41) is 3.49. The molecule has 0 bridgehead atoms. The molecule has 1 N–H and O–H groups in total. The monoisotopic (exact) mass is 388 g/mol. The summed E-state index contributed by atoms with van der Waals surface area (Å²) < 4.78 is 11.2. The largest absolute Gasteiger partial charge is 0.497 e. The van der Waals surface area contributed by atoms with E-state index >= 15 is 0 Å². The fourth-order valence-electron chi connectivity index (χ4n) is 4.39. The highest BCUT2D eigenvalue weighted by atomic mass is 16.5. The Morgan fingerprint density at radius 1 is 0.862 bits per heavy atom. The molecule has 0 aliphatic carbocycles. The topological polar surface area (TPSA) is 43.4 Å². The lowest BCUT2D eigenvalue weighted by Crippen LogP contribution is -2.31. The number of benzene rings is 2. The van der Waals surface area contributed by atoms with Crippen molar-refractivity contribution in [2.45, 2.75) is 18.8 Å². The van der Waals surface area contributed by atoms with Crippen LogP contribution in [0.1, 0.15) is 29.9 Å². The molecule has 0 radical (unpaired) electrons. The number of nitrogens with zero attached hydrogens (tertiary/aromatic N) is 1. The zero-order valence-corrected chi connectivity index (χ0v) is 17.1. The van der Waals surface area contributed by atoms with E-state index in [4.69, 9.17) is 9.47 Å². The Balaban J connectivity index is 1.73. The molecule has 29 heavy (non-hydrogen) atoms. The van der Waals surface area contributed by atoms with Gasteiger partial charge in [0.1, 0.15) is 11.5 Å². The summed E-state index contributed by atoms with van der Waals surface area (Å²) in [6.07, 6.45) is 6.11. The number of methoxy groups -OCH3 is 2. The van der Waals surface area contributed by atoms with Gasteiger partial charge in [-0.1, -0.05) is 24.3 Å². The van der Waals surface area contributed by atoms with Crippen LogP contribution >= 0.6 is 0 Å². The van der Waals surface area contributed by atoms with Crippen molar-refractivity contribution in [3.05, 3.63) is 78.1 Å². The molecule has 2 aromatic carbocycles. The molecule has 2 heterocycles. The SMILES string of the molecule is COc1ccc(-c2ccc(C(c3ccncc3)C3CCNCC3)c(OC)c2)cc1. The first-order valence-electron chi connectivity index (χ1n) is 10.2. The standard InChI is InChI=1S/C25H28N2O2/c1-28-22-6-3-18(4-7-22)21-5-8-23(24(17-21)29-2)25(19-9-13-26-14-10-19)20-11-15-27-16-12-20/h3-10,13-14,17,20,25,27H,11-12,15-16H2,1-2H3. The Labute approximate surface area is 172 Å². The van der Waals surface area contributed by atoms with Crippen LogP contribution in [0.3, 0.4) is 0 Å². The Kier molecular flexibility index (Phi) is 6.11. The number of pyridine rings is 1. The van der Waals surface area contributed by atoms with Gasteiger partial charge in [-0.05, 0) is 78.9 Å². The smallest absolute Gasteiger partial charge is 0.123 e. The molecule has 1 unspecified atom stereocenters. The molecule has 0 amide bonds. The third kappa shape index (κ3) is 4.28. The van der Waals surface area contributed by atoms with Gasteiger partial charge in [0.05, 0.1) is 14.2 Å². The van der Waals surface area contributed by atoms with E-state index in [0.717, 1.165) is 48.6 Å². The van der Waals surface area contributed by atoms with Crippen LogP contribution in [0.15, 0.2) is 67.0 Å². The van der Waals surface area contributed by atoms with Crippen LogP contribution in [0.5, 0.6) is 11.5 Å². The predicted octanol–water partition coefficient (Wildman–Crippen LogP) is 4.90. The fraction of sp³-hybridized carbons (Fsp3) is 0.320. The summed E-state index contributed by atoms with van der Waals surface area (Å²) >= 11 is 0. The molecule has 1 aromatic heterocycles. The first-order valence-corrected chi connectivity index (χ1v) is 10.2. The lowest BCUT2D eigenvalue weighted by Gasteiger charge is -2.32. The van der Waals surface area contributed by atoms with Crippen LogP contribution in [-0.4, -0.2) is 32.3 Å². The van der Waals surface area contributed by atoms with Crippen LogP contribution in [0.25, 0.3) is 11.1 Å². The summed E-state index contributed by atoms with van der Waals surface area (Å²) in [7, 11) is 3.45. The number of nitrogens with one attached hydrogen (secondary N) is 1. The summed E-state index contributed by atoms with van der Waals surface area (Å²) in [6.45, 7) is 2.14. The molecule has 4 heteroatoms. The van der Waals surface area contributed by atoms with Gasteiger partial charge in [-0.2, -0.15) is 0 Å². The average Bonchev–Trinajstić information content (AvgIpc) is 2.81. The van der Waals surface area contributed by atoms with Gasteiger partial charge in [0.15, 0.2) is 0 Å².